The molecule has 9 heteroatoms. The zero-order valence-electron chi connectivity index (χ0n) is 15.3. The third kappa shape index (κ3) is 4.08. The normalized spacial score (nSPS) is 21.4. The molecular weight excluding hydrogens is 449 g/mol. The summed E-state index contributed by atoms with van der Waals surface area (Å²) >= 11 is 3.51. The third-order valence-corrected chi connectivity index (χ3v) is 5.80. The number of fused-ring (bicyclic) bond motifs is 1. The summed E-state index contributed by atoms with van der Waals surface area (Å²) in [4.78, 5) is 2.16. The highest BCUT2D eigenvalue weighted by Crippen LogP contribution is 2.41. The van der Waals surface area contributed by atoms with Gasteiger partial charge < -0.3 is 26.4 Å². The van der Waals surface area contributed by atoms with Gasteiger partial charge in [0.15, 0.2) is 6.23 Å². The standard InChI is InChI=1S/C20H20BrF3N4O/c21-16-9-26-19(29)18-15(16)7-14(28-6-5-12(25)10-28)8-17(18)27-13-3-1-11(2-4-13)20(22,23)24/h1-4,7-9,12,19,26-27,29H,5-6,10,25H2/t12?,19-/m1/s1. The fourth-order valence-electron chi connectivity index (χ4n) is 3.65. The summed E-state index contributed by atoms with van der Waals surface area (Å²) in [6, 6.07) is 8.79. The molecular formula is C20H20BrF3N4O. The Kier molecular flexibility index (Phi) is 5.22. The molecule has 4 rings (SSSR count). The molecule has 0 aromatic heterocycles. The lowest BCUT2D eigenvalue weighted by atomic mass is 9.99. The molecule has 2 atom stereocenters. The molecule has 0 amide bonds. The lowest BCUT2D eigenvalue weighted by Gasteiger charge is -2.28. The van der Waals surface area contributed by atoms with Crippen molar-refractivity contribution in [1.29, 1.82) is 0 Å². The Balaban J connectivity index is 1.73. The molecule has 1 unspecified atom stereocenters. The SMILES string of the molecule is NC1CCN(c2cc(Nc3ccc(C(F)(F)F)cc3)c3c(c2)C(Br)=CN[C@@H]3O)C1. The van der Waals surface area contributed by atoms with E-state index in [0.717, 1.165) is 47.4 Å². The van der Waals surface area contributed by atoms with E-state index in [4.69, 9.17) is 5.73 Å². The molecule has 1 saturated heterocycles. The second-order valence-corrected chi connectivity index (χ2v) is 8.07. The summed E-state index contributed by atoms with van der Waals surface area (Å²) in [5.74, 6) is 0. The van der Waals surface area contributed by atoms with Crippen molar-refractivity contribution in [3.63, 3.8) is 0 Å². The maximum absolute atomic E-state index is 12.8. The molecule has 0 radical (unpaired) electrons. The van der Waals surface area contributed by atoms with Gasteiger partial charge in [-0.2, -0.15) is 13.2 Å². The molecule has 1 fully saturated rings. The van der Waals surface area contributed by atoms with Gasteiger partial charge in [-0.05, 0) is 58.7 Å². The summed E-state index contributed by atoms with van der Waals surface area (Å²) < 4.78 is 39.3. The van der Waals surface area contributed by atoms with Crippen LogP contribution in [-0.2, 0) is 6.18 Å². The fraction of sp³-hybridized carbons (Fsp3) is 0.300. The van der Waals surface area contributed by atoms with E-state index in [9.17, 15) is 18.3 Å². The van der Waals surface area contributed by atoms with Crippen molar-refractivity contribution in [1.82, 2.24) is 5.32 Å². The molecule has 2 aromatic carbocycles. The van der Waals surface area contributed by atoms with E-state index in [1.54, 1.807) is 6.20 Å². The van der Waals surface area contributed by atoms with Crippen molar-refractivity contribution in [2.45, 2.75) is 24.9 Å². The minimum Gasteiger partial charge on any atom is -0.370 e. The largest absolute Gasteiger partial charge is 0.416 e. The molecule has 5 N–H and O–H groups in total. The number of rotatable bonds is 3. The van der Waals surface area contributed by atoms with Crippen LogP contribution in [0.5, 0.6) is 0 Å². The van der Waals surface area contributed by atoms with Crippen molar-refractivity contribution in [2.24, 2.45) is 5.73 Å². The Morgan fingerprint density at radius 1 is 1.21 bits per heavy atom. The highest BCUT2D eigenvalue weighted by Gasteiger charge is 2.30. The van der Waals surface area contributed by atoms with Crippen LogP contribution in [0.2, 0.25) is 0 Å². The molecule has 0 aliphatic carbocycles. The Hall–Kier alpha value is -2.23. The lowest BCUT2D eigenvalue weighted by molar-refractivity contribution is -0.137. The van der Waals surface area contributed by atoms with Gasteiger partial charge in [0.05, 0.1) is 5.56 Å². The molecule has 2 aliphatic heterocycles. The zero-order chi connectivity index (χ0) is 20.8. The van der Waals surface area contributed by atoms with Crippen molar-refractivity contribution >= 4 is 37.5 Å². The Labute approximate surface area is 174 Å². The minimum atomic E-state index is -4.39. The first-order valence-corrected chi connectivity index (χ1v) is 9.94. The van der Waals surface area contributed by atoms with Crippen molar-refractivity contribution in [3.8, 4) is 0 Å². The average molecular weight is 469 g/mol. The summed E-state index contributed by atoms with van der Waals surface area (Å²) in [6.07, 6.45) is -2.77. The topological polar surface area (TPSA) is 73.5 Å². The quantitative estimate of drug-likeness (QED) is 0.541. The number of hydrogen-bond acceptors (Lipinski definition) is 5. The van der Waals surface area contributed by atoms with E-state index in [1.807, 2.05) is 12.1 Å². The first-order valence-electron chi connectivity index (χ1n) is 9.15. The minimum absolute atomic E-state index is 0.101. The maximum atomic E-state index is 12.8. The average Bonchev–Trinajstić information content (AvgIpc) is 3.10. The number of nitrogens with zero attached hydrogens (tertiary/aromatic N) is 1. The van der Waals surface area contributed by atoms with Gasteiger partial charge in [0.1, 0.15) is 0 Å². The van der Waals surface area contributed by atoms with E-state index < -0.39 is 18.0 Å². The van der Waals surface area contributed by atoms with Crippen LogP contribution in [0.15, 0.2) is 42.6 Å². The molecule has 29 heavy (non-hydrogen) atoms. The maximum Gasteiger partial charge on any atom is 0.416 e. The van der Waals surface area contributed by atoms with E-state index in [1.165, 1.54) is 12.1 Å². The van der Waals surface area contributed by atoms with Gasteiger partial charge in [-0.15, -0.1) is 0 Å². The Morgan fingerprint density at radius 3 is 2.55 bits per heavy atom. The molecule has 2 aliphatic rings. The molecule has 0 saturated carbocycles. The second-order valence-electron chi connectivity index (χ2n) is 7.21. The molecule has 154 valence electrons. The number of hydrogen-bond donors (Lipinski definition) is 4. The molecule has 0 bridgehead atoms. The summed E-state index contributed by atoms with van der Waals surface area (Å²) in [7, 11) is 0. The van der Waals surface area contributed by atoms with Gasteiger partial charge in [0.2, 0.25) is 0 Å². The predicted molar refractivity (Wildman–Crippen MR) is 111 cm³/mol. The first kappa shape index (κ1) is 20.1. The summed E-state index contributed by atoms with van der Waals surface area (Å²) in [5, 5.41) is 16.5. The Morgan fingerprint density at radius 2 is 1.93 bits per heavy atom. The monoisotopic (exact) mass is 468 g/mol. The number of anilines is 3. The molecule has 5 nitrogen and oxygen atoms in total. The van der Waals surface area contributed by atoms with E-state index in [2.05, 4.69) is 31.5 Å². The highest BCUT2D eigenvalue weighted by atomic mass is 79.9. The number of nitrogens with one attached hydrogen (secondary N) is 2. The number of alkyl halides is 3. The van der Waals surface area contributed by atoms with Crippen LogP contribution in [0.1, 0.15) is 29.3 Å². The molecule has 2 heterocycles. The van der Waals surface area contributed by atoms with Crippen LogP contribution >= 0.6 is 15.9 Å². The van der Waals surface area contributed by atoms with Gasteiger partial charge in [-0.25, -0.2) is 0 Å². The first-order chi connectivity index (χ1) is 13.7. The van der Waals surface area contributed by atoms with Crippen molar-refractivity contribution < 1.29 is 18.3 Å². The number of aliphatic hydroxyl groups excluding tert-OH is 1. The highest BCUT2D eigenvalue weighted by molar-refractivity contribution is 9.15. The van der Waals surface area contributed by atoms with E-state index in [-0.39, 0.29) is 6.04 Å². The van der Waals surface area contributed by atoms with Gasteiger partial charge in [0.25, 0.3) is 0 Å². The van der Waals surface area contributed by atoms with Gasteiger partial charge in [-0.1, -0.05) is 0 Å². The van der Waals surface area contributed by atoms with Crippen LogP contribution < -0.4 is 21.3 Å². The molecule has 2 aromatic rings. The van der Waals surface area contributed by atoms with Crippen LogP contribution in [0.3, 0.4) is 0 Å². The number of benzene rings is 2. The van der Waals surface area contributed by atoms with E-state index >= 15 is 0 Å². The number of nitrogens with two attached hydrogens (primary N) is 1. The Bertz CT molecular complexity index is 946. The van der Waals surface area contributed by atoms with Gasteiger partial charge in [0, 0.05) is 58.0 Å². The zero-order valence-corrected chi connectivity index (χ0v) is 16.9. The smallest absolute Gasteiger partial charge is 0.370 e. The van der Waals surface area contributed by atoms with Crippen LogP contribution in [0, 0.1) is 0 Å². The molecule has 0 spiro atoms. The van der Waals surface area contributed by atoms with Crippen molar-refractivity contribution in [2.75, 3.05) is 23.3 Å². The summed E-state index contributed by atoms with van der Waals surface area (Å²) in [5.41, 5.74) is 8.80. The second kappa shape index (κ2) is 7.55. The third-order valence-electron chi connectivity index (χ3n) is 5.14. The van der Waals surface area contributed by atoms with Gasteiger partial charge in [-0.3, -0.25) is 0 Å². The fourth-order valence-corrected chi connectivity index (χ4v) is 4.11. The number of aliphatic hydroxyl groups is 1. The van der Waals surface area contributed by atoms with Crippen LogP contribution in [0.25, 0.3) is 4.48 Å². The van der Waals surface area contributed by atoms with Gasteiger partial charge >= 0.3 is 6.18 Å². The van der Waals surface area contributed by atoms with E-state index in [0.29, 0.717) is 16.9 Å². The van der Waals surface area contributed by atoms with Crippen LogP contribution in [-0.4, -0.2) is 24.2 Å². The lowest BCUT2D eigenvalue weighted by Crippen LogP contribution is -2.27. The van der Waals surface area contributed by atoms with Crippen molar-refractivity contribution in [3.05, 3.63) is 59.3 Å². The summed E-state index contributed by atoms with van der Waals surface area (Å²) in [6.45, 7) is 1.54. The predicted octanol–water partition coefficient (Wildman–Crippen LogP) is 4.27. The number of halogens is 4. The van der Waals surface area contributed by atoms with Crippen LogP contribution in [0.4, 0.5) is 30.2 Å².